The summed E-state index contributed by atoms with van der Waals surface area (Å²) < 4.78 is 0. The molecule has 2 aromatic heterocycles. The number of anilines is 1. The minimum absolute atomic E-state index is 0.358. The van der Waals surface area contributed by atoms with E-state index in [9.17, 15) is 0 Å². The van der Waals surface area contributed by atoms with E-state index in [0.717, 1.165) is 52.1 Å². The lowest BCUT2D eigenvalue weighted by atomic mass is 10.0. The number of hydrogen-bond donors (Lipinski definition) is 4. The van der Waals surface area contributed by atoms with E-state index in [0.29, 0.717) is 11.9 Å². The third-order valence-electron chi connectivity index (χ3n) is 5.11. The maximum Gasteiger partial charge on any atom is 0.153 e. The summed E-state index contributed by atoms with van der Waals surface area (Å²) in [7, 11) is 0. The smallest absolute Gasteiger partial charge is 0.153 e. The molecule has 0 amide bonds. The van der Waals surface area contributed by atoms with Gasteiger partial charge in [0.2, 0.25) is 0 Å². The molecule has 0 radical (unpaired) electrons. The zero-order valence-electron chi connectivity index (χ0n) is 14.3. The van der Waals surface area contributed by atoms with Crippen LogP contribution in [0, 0.1) is 0 Å². The lowest BCUT2D eigenvalue weighted by Gasteiger charge is -2.06. The standard InChI is InChI=1S/C20H20N6/c21-19-15-8-7-14(10-17(15)25-26-19)12-3-5-13(6-4-12)18-11-23-20(24-18)16-2-1-9-22-16/h3-8,10-11,16,22H,1-2,9H2,(H,23,24)(H3,21,25,26)/t16-/m0/s1. The number of nitrogens with zero attached hydrogens (tertiary/aromatic N) is 2. The normalized spacial score (nSPS) is 17.2. The van der Waals surface area contributed by atoms with Crippen molar-refractivity contribution in [2.45, 2.75) is 18.9 Å². The van der Waals surface area contributed by atoms with E-state index in [1.165, 1.54) is 6.42 Å². The highest BCUT2D eigenvalue weighted by Gasteiger charge is 2.19. The lowest BCUT2D eigenvalue weighted by molar-refractivity contribution is 0.613. The topological polar surface area (TPSA) is 95.4 Å². The fourth-order valence-electron chi connectivity index (χ4n) is 3.64. The lowest BCUT2D eigenvalue weighted by Crippen LogP contribution is -2.14. The van der Waals surface area contributed by atoms with Crippen LogP contribution in [0.15, 0.2) is 48.7 Å². The Kier molecular flexibility index (Phi) is 3.50. The van der Waals surface area contributed by atoms with Gasteiger partial charge in [0, 0.05) is 5.39 Å². The van der Waals surface area contributed by atoms with Crippen LogP contribution in [0.1, 0.15) is 24.7 Å². The zero-order chi connectivity index (χ0) is 17.5. The molecule has 5 N–H and O–H groups in total. The first kappa shape index (κ1) is 15.2. The Labute approximate surface area is 150 Å². The second-order valence-corrected chi connectivity index (χ2v) is 6.78. The molecule has 2 aromatic carbocycles. The summed E-state index contributed by atoms with van der Waals surface area (Å²) in [6.07, 6.45) is 4.28. The van der Waals surface area contributed by atoms with Gasteiger partial charge in [-0.1, -0.05) is 30.3 Å². The van der Waals surface area contributed by atoms with E-state index in [2.05, 4.69) is 61.9 Å². The van der Waals surface area contributed by atoms with Gasteiger partial charge in [-0.05, 0) is 48.2 Å². The summed E-state index contributed by atoms with van der Waals surface area (Å²) in [5.41, 5.74) is 11.3. The molecule has 1 aliphatic rings. The molecule has 6 nitrogen and oxygen atoms in total. The molecule has 26 heavy (non-hydrogen) atoms. The van der Waals surface area contributed by atoms with E-state index in [-0.39, 0.29) is 0 Å². The minimum Gasteiger partial charge on any atom is -0.382 e. The van der Waals surface area contributed by atoms with Crippen molar-refractivity contribution in [2.75, 3.05) is 12.3 Å². The van der Waals surface area contributed by atoms with Crippen molar-refractivity contribution in [3.8, 4) is 22.4 Å². The van der Waals surface area contributed by atoms with Crippen LogP contribution in [0.2, 0.25) is 0 Å². The fourth-order valence-corrected chi connectivity index (χ4v) is 3.64. The molecule has 1 atom stereocenters. The van der Waals surface area contributed by atoms with Crippen molar-refractivity contribution < 1.29 is 0 Å². The summed E-state index contributed by atoms with van der Waals surface area (Å²) in [5.74, 6) is 1.57. The fraction of sp³-hybridized carbons (Fsp3) is 0.200. The van der Waals surface area contributed by atoms with Crippen LogP contribution < -0.4 is 11.1 Å². The quantitative estimate of drug-likeness (QED) is 0.456. The summed E-state index contributed by atoms with van der Waals surface area (Å²) in [6, 6.07) is 15.0. The Morgan fingerprint density at radius 2 is 1.81 bits per heavy atom. The van der Waals surface area contributed by atoms with Crippen molar-refractivity contribution in [3.63, 3.8) is 0 Å². The van der Waals surface area contributed by atoms with Crippen LogP contribution in [0.4, 0.5) is 5.82 Å². The van der Waals surface area contributed by atoms with Gasteiger partial charge in [-0.2, -0.15) is 5.10 Å². The molecule has 3 heterocycles. The molecule has 130 valence electrons. The Balaban J connectivity index is 1.42. The van der Waals surface area contributed by atoms with Crippen LogP contribution in [-0.4, -0.2) is 26.7 Å². The van der Waals surface area contributed by atoms with Crippen molar-refractivity contribution >= 4 is 16.7 Å². The van der Waals surface area contributed by atoms with Crippen LogP contribution in [-0.2, 0) is 0 Å². The van der Waals surface area contributed by atoms with Gasteiger partial charge >= 0.3 is 0 Å². The van der Waals surface area contributed by atoms with Crippen molar-refractivity contribution in [1.29, 1.82) is 0 Å². The van der Waals surface area contributed by atoms with Gasteiger partial charge in [-0.25, -0.2) is 4.98 Å². The predicted molar refractivity (Wildman–Crippen MR) is 104 cm³/mol. The second-order valence-electron chi connectivity index (χ2n) is 6.78. The molecule has 1 saturated heterocycles. The molecule has 5 rings (SSSR count). The number of rotatable bonds is 3. The van der Waals surface area contributed by atoms with Crippen LogP contribution in [0.25, 0.3) is 33.3 Å². The molecule has 6 heteroatoms. The number of imidazole rings is 1. The van der Waals surface area contributed by atoms with E-state index >= 15 is 0 Å². The third-order valence-corrected chi connectivity index (χ3v) is 5.11. The van der Waals surface area contributed by atoms with Gasteiger partial charge < -0.3 is 16.0 Å². The van der Waals surface area contributed by atoms with Gasteiger partial charge in [0.15, 0.2) is 5.82 Å². The second kappa shape index (κ2) is 6.00. The SMILES string of the molecule is Nc1n[nH]c2cc(-c3ccc(-c4cnc([C@@H]5CCCN5)[nH]4)cc3)ccc12. The highest BCUT2D eigenvalue weighted by molar-refractivity contribution is 5.91. The molecule has 0 unspecified atom stereocenters. The van der Waals surface area contributed by atoms with Gasteiger partial charge in [-0.15, -0.1) is 0 Å². The molecular formula is C20H20N6. The molecule has 1 fully saturated rings. The molecule has 1 aliphatic heterocycles. The summed E-state index contributed by atoms with van der Waals surface area (Å²) in [4.78, 5) is 8.01. The van der Waals surface area contributed by atoms with Crippen LogP contribution >= 0.6 is 0 Å². The summed E-state index contributed by atoms with van der Waals surface area (Å²) in [5, 5.41) is 11.5. The summed E-state index contributed by atoms with van der Waals surface area (Å²) in [6.45, 7) is 1.07. The maximum atomic E-state index is 5.84. The first-order valence-electron chi connectivity index (χ1n) is 8.90. The number of aromatic amines is 2. The van der Waals surface area contributed by atoms with Crippen molar-refractivity contribution in [3.05, 3.63) is 54.5 Å². The van der Waals surface area contributed by atoms with Gasteiger partial charge in [0.1, 0.15) is 5.82 Å². The average Bonchev–Trinajstić information content (AvgIpc) is 3.43. The molecule has 0 bridgehead atoms. The minimum atomic E-state index is 0.358. The number of nitrogens with one attached hydrogen (secondary N) is 3. The number of benzene rings is 2. The number of aromatic nitrogens is 4. The molecule has 0 spiro atoms. The number of nitrogens with two attached hydrogens (primary N) is 1. The zero-order valence-corrected chi connectivity index (χ0v) is 14.3. The number of hydrogen-bond acceptors (Lipinski definition) is 4. The molecule has 0 aliphatic carbocycles. The molecule has 0 saturated carbocycles. The van der Waals surface area contributed by atoms with Crippen LogP contribution in [0.5, 0.6) is 0 Å². The van der Waals surface area contributed by atoms with Gasteiger partial charge in [0.25, 0.3) is 0 Å². The Morgan fingerprint density at radius 3 is 2.62 bits per heavy atom. The van der Waals surface area contributed by atoms with Crippen LogP contribution in [0.3, 0.4) is 0 Å². The predicted octanol–water partition coefficient (Wildman–Crippen LogP) is 3.63. The average molecular weight is 344 g/mol. The van der Waals surface area contributed by atoms with Crippen molar-refractivity contribution in [1.82, 2.24) is 25.5 Å². The van der Waals surface area contributed by atoms with E-state index in [1.54, 1.807) is 0 Å². The largest absolute Gasteiger partial charge is 0.382 e. The van der Waals surface area contributed by atoms with E-state index < -0.39 is 0 Å². The highest BCUT2D eigenvalue weighted by atomic mass is 15.1. The first-order valence-corrected chi connectivity index (χ1v) is 8.90. The van der Waals surface area contributed by atoms with Gasteiger partial charge in [-0.3, -0.25) is 5.10 Å². The Bertz CT molecular complexity index is 1050. The highest BCUT2D eigenvalue weighted by Crippen LogP contribution is 2.28. The Morgan fingerprint density at radius 1 is 1.00 bits per heavy atom. The number of H-pyrrole nitrogens is 2. The maximum absolute atomic E-state index is 5.84. The van der Waals surface area contributed by atoms with E-state index in [4.69, 9.17) is 5.73 Å². The Hall–Kier alpha value is -3.12. The van der Waals surface area contributed by atoms with E-state index in [1.807, 2.05) is 12.3 Å². The summed E-state index contributed by atoms with van der Waals surface area (Å²) >= 11 is 0. The first-order chi connectivity index (χ1) is 12.8. The monoisotopic (exact) mass is 344 g/mol. The number of fused-ring (bicyclic) bond motifs is 1. The van der Waals surface area contributed by atoms with Crippen molar-refractivity contribution in [2.24, 2.45) is 0 Å². The number of nitrogen functional groups attached to an aromatic ring is 1. The molecular weight excluding hydrogens is 324 g/mol. The van der Waals surface area contributed by atoms with Gasteiger partial charge in [0.05, 0.1) is 23.4 Å². The molecule has 4 aromatic rings. The third kappa shape index (κ3) is 2.55.